The SMILES string of the molecule is CN1CCCC(O)(Cc2cccc(F)c2Br)C1. The van der Waals surface area contributed by atoms with Crippen molar-refractivity contribution in [2.24, 2.45) is 0 Å². The smallest absolute Gasteiger partial charge is 0.137 e. The first-order chi connectivity index (χ1) is 8.00. The van der Waals surface area contributed by atoms with Gasteiger partial charge >= 0.3 is 0 Å². The summed E-state index contributed by atoms with van der Waals surface area (Å²) in [6, 6.07) is 4.97. The van der Waals surface area contributed by atoms with Gasteiger partial charge in [0.1, 0.15) is 5.82 Å². The molecule has 1 aromatic carbocycles. The molecule has 4 heteroatoms. The molecular formula is C13H17BrFNO. The number of benzene rings is 1. The van der Waals surface area contributed by atoms with Crippen molar-refractivity contribution in [1.29, 1.82) is 0 Å². The standard InChI is InChI=1S/C13H17BrFNO/c1-16-7-3-6-13(17,9-16)8-10-4-2-5-11(15)12(10)14/h2,4-5,17H,3,6-9H2,1H3. The topological polar surface area (TPSA) is 23.5 Å². The Kier molecular flexibility index (Phi) is 3.85. The highest BCUT2D eigenvalue weighted by molar-refractivity contribution is 9.10. The van der Waals surface area contributed by atoms with Crippen molar-refractivity contribution < 1.29 is 9.50 Å². The molecule has 0 spiro atoms. The van der Waals surface area contributed by atoms with Crippen molar-refractivity contribution >= 4 is 15.9 Å². The zero-order valence-electron chi connectivity index (χ0n) is 9.92. The zero-order valence-corrected chi connectivity index (χ0v) is 11.5. The lowest BCUT2D eigenvalue weighted by Gasteiger charge is -2.37. The molecule has 2 nitrogen and oxygen atoms in total. The van der Waals surface area contributed by atoms with Gasteiger partial charge in [-0.25, -0.2) is 4.39 Å². The van der Waals surface area contributed by atoms with Crippen molar-refractivity contribution in [3.8, 4) is 0 Å². The first-order valence-corrected chi connectivity index (χ1v) is 6.63. The molecule has 1 heterocycles. The van der Waals surface area contributed by atoms with Gasteiger partial charge < -0.3 is 10.0 Å². The van der Waals surface area contributed by atoms with Gasteiger partial charge in [-0.2, -0.15) is 0 Å². The third-order valence-corrected chi connectivity index (χ3v) is 4.19. The summed E-state index contributed by atoms with van der Waals surface area (Å²) in [6.45, 7) is 1.67. The van der Waals surface area contributed by atoms with Gasteiger partial charge in [-0.3, -0.25) is 0 Å². The van der Waals surface area contributed by atoms with Crippen LogP contribution in [0.2, 0.25) is 0 Å². The highest BCUT2D eigenvalue weighted by Crippen LogP contribution is 2.29. The van der Waals surface area contributed by atoms with Crippen LogP contribution < -0.4 is 0 Å². The van der Waals surface area contributed by atoms with E-state index < -0.39 is 5.60 Å². The highest BCUT2D eigenvalue weighted by Gasteiger charge is 2.32. The lowest BCUT2D eigenvalue weighted by Crippen LogP contribution is -2.47. The average Bonchev–Trinajstić information content (AvgIpc) is 2.24. The van der Waals surface area contributed by atoms with E-state index in [0.29, 0.717) is 17.4 Å². The van der Waals surface area contributed by atoms with Gasteiger partial charge in [0, 0.05) is 13.0 Å². The predicted octanol–water partition coefficient (Wildman–Crippen LogP) is 2.59. The largest absolute Gasteiger partial charge is 0.388 e. The fraction of sp³-hybridized carbons (Fsp3) is 0.538. The van der Waals surface area contributed by atoms with Crippen LogP contribution in [0.1, 0.15) is 18.4 Å². The Morgan fingerprint density at radius 1 is 1.53 bits per heavy atom. The molecule has 1 aliphatic rings. The Bertz CT molecular complexity index is 412. The molecule has 1 N–H and O–H groups in total. The van der Waals surface area contributed by atoms with Crippen LogP contribution in [0.5, 0.6) is 0 Å². The van der Waals surface area contributed by atoms with E-state index >= 15 is 0 Å². The second kappa shape index (κ2) is 5.04. The first-order valence-electron chi connectivity index (χ1n) is 5.84. The maximum Gasteiger partial charge on any atom is 0.137 e. The minimum absolute atomic E-state index is 0.268. The van der Waals surface area contributed by atoms with E-state index in [-0.39, 0.29) is 5.82 Å². The van der Waals surface area contributed by atoms with E-state index in [2.05, 4.69) is 20.8 Å². The van der Waals surface area contributed by atoms with E-state index in [9.17, 15) is 9.50 Å². The second-order valence-corrected chi connectivity index (χ2v) is 5.75. The fourth-order valence-corrected chi connectivity index (χ4v) is 2.93. The lowest BCUT2D eigenvalue weighted by molar-refractivity contribution is -0.0225. The van der Waals surface area contributed by atoms with Crippen molar-refractivity contribution in [3.63, 3.8) is 0 Å². The van der Waals surface area contributed by atoms with Gasteiger partial charge in [-0.1, -0.05) is 12.1 Å². The highest BCUT2D eigenvalue weighted by atomic mass is 79.9. The van der Waals surface area contributed by atoms with Crippen LogP contribution in [0, 0.1) is 5.82 Å². The molecule has 1 unspecified atom stereocenters. The average molecular weight is 302 g/mol. The number of aliphatic hydroxyl groups is 1. The maximum atomic E-state index is 13.4. The molecule has 0 aromatic heterocycles. The molecule has 2 rings (SSSR count). The Balaban J connectivity index is 2.17. The Morgan fingerprint density at radius 3 is 3.00 bits per heavy atom. The minimum Gasteiger partial charge on any atom is -0.388 e. The van der Waals surface area contributed by atoms with Crippen LogP contribution in [-0.4, -0.2) is 35.7 Å². The van der Waals surface area contributed by atoms with E-state index in [1.54, 1.807) is 6.07 Å². The summed E-state index contributed by atoms with van der Waals surface area (Å²) < 4.78 is 13.9. The Morgan fingerprint density at radius 2 is 2.29 bits per heavy atom. The number of piperidine rings is 1. The van der Waals surface area contributed by atoms with E-state index in [0.717, 1.165) is 24.9 Å². The van der Waals surface area contributed by atoms with Crippen molar-refractivity contribution in [1.82, 2.24) is 4.90 Å². The number of nitrogens with zero attached hydrogens (tertiary/aromatic N) is 1. The summed E-state index contributed by atoms with van der Waals surface area (Å²) in [7, 11) is 2.00. The van der Waals surface area contributed by atoms with Crippen molar-refractivity contribution in [2.75, 3.05) is 20.1 Å². The molecule has 0 aliphatic carbocycles. The van der Waals surface area contributed by atoms with E-state index in [1.165, 1.54) is 6.07 Å². The number of halogens is 2. The molecule has 1 aromatic rings. The normalized spacial score (nSPS) is 26.1. The van der Waals surface area contributed by atoms with Gasteiger partial charge in [-0.15, -0.1) is 0 Å². The summed E-state index contributed by atoms with van der Waals surface area (Å²) >= 11 is 3.25. The van der Waals surface area contributed by atoms with Crippen molar-refractivity contribution in [2.45, 2.75) is 24.9 Å². The van der Waals surface area contributed by atoms with Gasteiger partial charge in [0.2, 0.25) is 0 Å². The van der Waals surface area contributed by atoms with Crippen LogP contribution in [0.15, 0.2) is 22.7 Å². The number of hydrogen-bond donors (Lipinski definition) is 1. The monoisotopic (exact) mass is 301 g/mol. The number of rotatable bonds is 2. The molecule has 0 radical (unpaired) electrons. The molecule has 1 aliphatic heterocycles. The third kappa shape index (κ3) is 3.06. The molecule has 0 bridgehead atoms. The molecule has 0 saturated carbocycles. The molecule has 0 amide bonds. The van der Waals surface area contributed by atoms with Crippen LogP contribution in [0.25, 0.3) is 0 Å². The van der Waals surface area contributed by atoms with Crippen LogP contribution in [-0.2, 0) is 6.42 Å². The summed E-state index contributed by atoms with van der Waals surface area (Å²) in [5.41, 5.74) is 0.103. The maximum absolute atomic E-state index is 13.4. The molecule has 1 fully saturated rings. The molecule has 1 atom stereocenters. The fourth-order valence-electron chi connectivity index (χ4n) is 2.52. The van der Waals surface area contributed by atoms with Gasteiger partial charge in [0.15, 0.2) is 0 Å². The number of hydrogen-bond acceptors (Lipinski definition) is 2. The third-order valence-electron chi connectivity index (χ3n) is 3.30. The minimum atomic E-state index is -0.733. The summed E-state index contributed by atoms with van der Waals surface area (Å²) in [6.07, 6.45) is 2.26. The number of β-amino-alcohol motifs (C(OH)–C–C–N with tert-alkyl or cyclic N) is 1. The van der Waals surface area contributed by atoms with Crippen LogP contribution >= 0.6 is 15.9 Å². The summed E-state index contributed by atoms with van der Waals surface area (Å²) in [4.78, 5) is 2.12. The Labute approximate surface area is 110 Å². The predicted molar refractivity (Wildman–Crippen MR) is 69.5 cm³/mol. The molecule has 94 valence electrons. The van der Waals surface area contributed by atoms with Gasteiger partial charge in [-0.05, 0) is 54.0 Å². The van der Waals surface area contributed by atoms with E-state index in [4.69, 9.17) is 0 Å². The molecular weight excluding hydrogens is 285 g/mol. The zero-order chi connectivity index (χ0) is 12.5. The molecule has 1 saturated heterocycles. The van der Waals surface area contributed by atoms with Crippen LogP contribution in [0.4, 0.5) is 4.39 Å². The van der Waals surface area contributed by atoms with Gasteiger partial charge in [0.25, 0.3) is 0 Å². The summed E-state index contributed by atoms with van der Waals surface area (Å²) in [5.74, 6) is -0.268. The van der Waals surface area contributed by atoms with E-state index in [1.807, 2.05) is 13.1 Å². The lowest BCUT2D eigenvalue weighted by atomic mass is 9.87. The Hall–Kier alpha value is -0.450. The molecule has 17 heavy (non-hydrogen) atoms. The quantitative estimate of drug-likeness (QED) is 0.908. The van der Waals surface area contributed by atoms with Crippen molar-refractivity contribution in [3.05, 3.63) is 34.1 Å². The van der Waals surface area contributed by atoms with Crippen LogP contribution in [0.3, 0.4) is 0 Å². The second-order valence-electron chi connectivity index (χ2n) is 4.96. The number of likely N-dealkylation sites (tertiary alicyclic amines) is 1. The first kappa shape index (κ1) is 13.0. The summed E-state index contributed by atoms with van der Waals surface area (Å²) in [5, 5.41) is 10.5. The van der Waals surface area contributed by atoms with Gasteiger partial charge in [0.05, 0.1) is 10.1 Å². The number of likely N-dealkylation sites (N-methyl/N-ethyl adjacent to an activating group) is 1.